The fourth-order valence-electron chi connectivity index (χ4n) is 2.37. The Balaban J connectivity index is 1.82. The van der Waals surface area contributed by atoms with Crippen LogP contribution in [0.1, 0.15) is 31.4 Å². The molecule has 0 fully saturated rings. The lowest BCUT2D eigenvalue weighted by Gasteiger charge is -2.13. The van der Waals surface area contributed by atoms with Crippen molar-refractivity contribution in [3.05, 3.63) is 53.6 Å². The second kappa shape index (κ2) is 10.8. The number of nitriles is 1. The van der Waals surface area contributed by atoms with Gasteiger partial charge in [0.25, 0.3) is 5.91 Å². The van der Waals surface area contributed by atoms with Gasteiger partial charge in [0, 0.05) is 6.54 Å². The second-order valence-corrected chi connectivity index (χ2v) is 6.72. The van der Waals surface area contributed by atoms with E-state index >= 15 is 0 Å². The number of nitrogens with one attached hydrogen (secondary N) is 1. The molecule has 148 valence electrons. The highest BCUT2D eigenvalue weighted by molar-refractivity contribution is 5.77. The predicted molar refractivity (Wildman–Crippen MR) is 106 cm³/mol. The van der Waals surface area contributed by atoms with E-state index in [-0.39, 0.29) is 12.5 Å². The van der Waals surface area contributed by atoms with Gasteiger partial charge in [-0.15, -0.1) is 0 Å². The van der Waals surface area contributed by atoms with E-state index in [0.717, 1.165) is 12.0 Å². The lowest BCUT2D eigenvalue weighted by molar-refractivity contribution is -0.123. The van der Waals surface area contributed by atoms with E-state index in [9.17, 15) is 4.79 Å². The lowest BCUT2D eigenvalue weighted by atomic mass is 10.1. The van der Waals surface area contributed by atoms with Gasteiger partial charge >= 0.3 is 0 Å². The molecule has 1 N–H and O–H groups in total. The summed E-state index contributed by atoms with van der Waals surface area (Å²) < 4.78 is 16.6. The van der Waals surface area contributed by atoms with Crippen LogP contribution in [0.2, 0.25) is 0 Å². The Morgan fingerprint density at radius 3 is 2.50 bits per heavy atom. The van der Waals surface area contributed by atoms with E-state index in [1.54, 1.807) is 31.4 Å². The largest absolute Gasteiger partial charge is 0.493 e. The van der Waals surface area contributed by atoms with Gasteiger partial charge in [0.05, 0.1) is 25.3 Å². The molecular formula is C22H26N2O4. The lowest BCUT2D eigenvalue weighted by Crippen LogP contribution is -2.28. The van der Waals surface area contributed by atoms with Crippen LogP contribution in [0, 0.1) is 17.2 Å². The maximum Gasteiger partial charge on any atom is 0.258 e. The highest BCUT2D eigenvalue weighted by Gasteiger charge is 2.08. The molecule has 6 nitrogen and oxygen atoms in total. The summed E-state index contributed by atoms with van der Waals surface area (Å²) in [6.45, 7) is 5.20. The smallest absolute Gasteiger partial charge is 0.258 e. The van der Waals surface area contributed by atoms with E-state index in [1.807, 2.05) is 24.3 Å². The van der Waals surface area contributed by atoms with Crippen molar-refractivity contribution in [2.24, 2.45) is 5.92 Å². The molecule has 2 aromatic rings. The van der Waals surface area contributed by atoms with Crippen molar-refractivity contribution >= 4 is 5.91 Å². The van der Waals surface area contributed by atoms with Gasteiger partial charge in [-0.1, -0.05) is 19.9 Å². The van der Waals surface area contributed by atoms with Crippen molar-refractivity contribution < 1.29 is 19.0 Å². The summed E-state index contributed by atoms with van der Waals surface area (Å²) in [6.07, 6.45) is 0.972. The SMILES string of the molecule is COc1cc(CNC(=O)COc2ccc(C#N)cc2)ccc1OCCC(C)C. The van der Waals surface area contributed by atoms with Crippen molar-refractivity contribution in [2.75, 3.05) is 20.3 Å². The van der Waals surface area contributed by atoms with Gasteiger partial charge in [-0.05, 0) is 54.3 Å². The van der Waals surface area contributed by atoms with Gasteiger partial charge in [0.1, 0.15) is 5.75 Å². The minimum atomic E-state index is -0.236. The van der Waals surface area contributed by atoms with Crippen LogP contribution in [0.5, 0.6) is 17.2 Å². The summed E-state index contributed by atoms with van der Waals surface area (Å²) in [7, 11) is 1.60. The van der Waals surface area contributed by atoms with E-state index in [1.165, 1.54) is 0 Å². The topological polar surface area (TPSA) is 80.6 Å². The van der Waals surface area contributed by atoms with Gasteiger partial charge in [-0.3, -0.25) is 4.79 Å². The second-order valence-electron chi connectivity index (χ2n) is 6.72. The van der Waals surface area contributed by atoms with Crippen molar-refractivity contribution in [1.29, 1.82) is 5.26 Å². The molecule has 0 saturated heterocycles. The number of hydrogen-bond donors (Lipinski definition) is 1. The minimum Gasteiger partial charge on any atom is -0.493 e. The summed E-state index contributed by atoms with van der Waals surface area (Å²) in [5.74, 6) is 2.22. The summed E-state index contributed by atoms with van der Waals surface area (Å²) >= 11 is 0. The van der Waals surface area contributed by atoms with Gasteiger partial charge in [0.2, 0.25) is 0 Å². The summed E-state index contributed by atoms with van der Waals surface area (Å²) in [5.41, 5.74) is 1.45. The molecule has 0 aliphatic heterocycles. The van der Waals surface area contributed by atoms with Crippen molar-refractivity contribution in [1.82, 2.24) is 5.32 Å². The summed E-state index contributed by atoms with van der Waals surface area (Å²) in [6, 6.07) is 14.2. The first-order chi connectivity index (χ1) is 13.5. The Bertz CT molecular complexity index is 810. The molecule has 0 spiro atoms. The van der Waals surface area contributed by atoms with E-state index in [0.29, 0.717) is 41.9 Å². The Kier molecular flexibility index (Phi) is 8.16. The molecule has 0 aliphatic carbocycles. The number of rotatable bonds is 10. The minimum absolute atomic E-state index is 0.0978. The third-order valence-electron chi connectivity index (χ3n) is 4.02. The maximum atomic E-state index is 12.0. The molecule has 0 saturated carbocycles. The van der Waals surface area contributed by atoms with Crippen LogP contribution in [-0.4, -0.2) is 26.2 Å². The predicted octanol–water partition coefficient (Wildman–Crippen LogP) is 3.69. The maximum absolute atomic E-state index is 12.0. The normalized spacial score (nSPS) is 10.2. The summed E-state index contributed by atoms with van der Waals surface area (Å²) in [5, 5.41) is 11.6. The molecule has 0 unspecified atom stereocenters. The fourth-order valence-corrected chi connectivity index (χ4v) is 2.37. The van der Waals surface area contributed by atoms with E-state index in [2.05, 4.69) is 19.2 Å². The molecule has 2 rings (SSSR count). The zero-order chi connectivity index (χ0) is 20.4. The Morgan fingerprint density at radius 1 is 1.11 bits per heavy atom. The Morgan fingerprint density at radius 2 is 1.86 bits per heavy atom. The highest BCUT2D eigenvalue weighted by Crippen LogP contribution is 2.28. The van der Waals surface area contributed by atoms with Crippen LogP contribution in [0.4, 0.5) is 0 Å². The first-order valence-electron chi connectivity index (χ1n) is 9.21. The van der Waals surface area contributed by atoms with Gasteiger partial charge in [-0.2, -0.15) is 5.26 Å². The van der Waals surface area contributed by atoms with Crippen LogP contribution in [0.25, 0.3) is 0 Å². The quantitative estimate of drug-likeness (QED) is 0.678. The molecule has 0 aromatic heterocycles. The molecule has 6 heteroatoms. The number of methoxy groups -OCH3 is 1. The van der Waals surface area contributed by atoms with Crippen LogP contribution in [0.15, 0.2) is 42.5 Å². The zero-order valence-corrected chi connectivity index (χ0v) is 16.5. The van der Waals surface area contributed by atoms with E-state index in [4.69, 9.17) is 19.5 Å². The summed E-state index contributed by atoms with van der Waals surface area (Å²) in [4.78, 5) is 12.0. The molecule has 0 aliphatic rings. The average Bonchev–Trinajstić information content (AvgIpc) is 2.71. The molecule has 0 radical (unpaired) electrons. The molecule has 28 heavy (non-hydrogen) atoms. The standard InChI is InChI=1S/C22H26N2O4/c1-16(2)10-11-27-20-9-6-18(12-21(20)26-3)14-24-22(25)15-28-19-7-4-17(13-23)5-8-19/h4-9,12,16H,10-11,14-15H2,1-3H3,(H,24,25). The number of benzene rings is 2. The van der Waals surface area contributed by atoms with Crippen molar-refractivity contribution in [3.8, 4) is 23.3 Å². The number of hydrogen-bond acceptors (Lipinski definition) is 5. The zero-order valence-electron chi connectivity index (χ0n) is 16.5. The van der Waals surface area contributed by atoms with Gasteiger partial charge in [-0.25, -0.2) is 0 Å². The number of carbonyl (C=O) groups is 1. The van der Waals surface area contributed by atoms with Crippen molar-refractivity contribution in [3.63, 3.8) is 0 Å². The average molecular weight is 382 g/mol. The van der Waals surface area contributed by atoms with Gasteiger partial charge < -0.3 is 19.5 Å². The van der Waals surface area contributed by atoms with Crippen LogP contribution in [0.3, 0.4) is 0 Å². The molecule has 0 heterocycles. The molecule has 0 bridgehead atoms. The number of carbonyl (C=O) groups excluding carboxylic acids is 1. The molecule has 1 amide bonds. The van der Waals surface area contributed by atoms with Crippen LogP contribution >= 0.6 is 0 Å². The first kappa shape index (κ1) is 21.1. The number of nitrogens with zero attached hydrogens (tertiary/aromatic N) is 1. The highest BCUT2D eigenvalue weighted by atomic mass is 16.5. The first-order valence-corrected chi connectivity index (χ1v) is 9.21. The number of amides is 1. The Labute approximate surface area is 166 Å². The third-order valence-corrected chi connectivity index (χ3v) is 4.02. The Hall–Kier alpha value is -3.20. The molecule has 0 atom stereocenters. The van der Waals surface area contributed by atoms with Crippen molar-refractivity contribution in [2.45, 2.75) is 26.8 Å². The van der Waals surface area contributed by atoms with Gasteiger partial charge in [0.15, 0.2) is 18.1 Å². The molecular weight excluding hydrogens is 356 g/mol. The fraction of sp³-hybridized carbons (Fsp3) is 0.364. The molecule has 2 aromatic carbocycles. The van der Waals surface area contributed by atoms with Crippen LogP contribution < -0.4 is 19.5 Å². The van der Waals surface area contributed by atoms with Crippen LogP contribution in [-0.2, 0) is 11.3 Å². The third kappa shape index (κ3) is 6.84. The monoisotopic (exact) mass is 382 g/mol. The van der Waals surface area contributed by atoms with E-state index < -0.39 is 0 Å². The number of ether oxygens (including phenoxy) is 3.